The molecule has 1 saturated carbocycles. The highest BCUT2D eigenvalue weighted by atomic mass is 16.5. The van der Waals surface area contributed by atoms with Crippen molar-refractivity contribution in [2.24, 2.45) is 4.99 Å². The number of hydrogen-bond acceptors (Lipinski definition) is 5. The van der Waals surface area contributed by atoms with Crippen LogP contribution in [0.15, 0.2) is 59.1 Å². The number of nitrogens with zero attached hydrogens (tertiary/aromatic N) is 2. The summed E-state index contributed by atoms with van der Waals surface area (Å²) >= 11 is 0. The van der Waals surface area contributed by atoms with Gasteiger partial charge in [0.15, 0.2) is 0 Å². The summed E-state index contributed by atoms with van der Waals surface area (Å²) in [4.78, 5) is 30.0. The summed E-state index contributed by atoms with van der Waals surface area (Å²) < 4.78 is 5.12. The van der Waals surface area contributed by atoms with E-state index in [4.69, 9.17) is 4.74 Å². The molecule has 1 aliphatic carbocycles. The van der Waals surface area contributed by atoms with Crippen LogP contribution < -0.4 is 15.4 Å². The molecule has 0 aromatic heterocycles. The molecule has 1 fully saturated rings. The molecule has 31 heavy (non-hydrogen) atoms. The molecule has 2 aromatic carbocycles. The van der Waals surface area contributed by atoms with Crippen LogP contribution >= 0.6 is 0 Å². The first-order chi connectivity index (χ1) is 15.1. The number of fused-ring (bicyclic) bond motifs is 1. The number of aliphatic imine (C=N–C) groups is 1. The average molecular weight is 414 g/mol. The first kappa shape index (κ1) is 20.4. The van der Waals surface area contributed by atoms with E-state index in [0.29, 0.717) is 28.3 Å². The van der Waals surface area contributed by atoms with Gasteiger partial charge in [-0.1, -0.05) is 37.1 Å². The SMILES string of the molecule is COc1ccc(C(=O)NC2=NC(=C(C#N)C(=O)NC3CCCC3)c3ccccc32)cc1. The molecule has 0 bridgehead atoms. The summed E-state index contributed by atoms with van der Waals surface area (Å²) in [7, 11) is 1.56. The van der Waals surface area contributed by atoms with Crippen LogP contribution in [0.4, 0.5) is 0 Å². The fourth-order valence-electron chi connectivity index (χ4n) is 3.88. The van der Waals surface area contributed by atoms with Gasteiger partial charge in [0.25, 0.3) is 11.8 Å². The van der Waals surface area contributed by atoms with Crippen molar-refractivity contribution in [1.82, 2.24) is 10.6 Å². The molecule has 2 aromatic rings. The Morgan fingerprint density at radius 1 is 1.06 bits per heavy atom. The van der Waals surface area contributed by atoms with Gasteiger partial charge in [-0.3, -0.25) is 9.59 Å². The zero-order valence-electron chi connectivity index (χ0n) is 17.1. The number of amidine groups is 1. The van der Waals surface area contributed by atoms with Crippen LogP contribution in [-0.4, -0.2) is 30.8 Å². The molecule has 0 radical (unpaired) electrons. The van der Waals surface area contributed by atoms with Crippen molar-refractivity contribution in [2.45, 2.75) is 31.7 Å². The Morgan fingerprint density at radius 3 is 2.39 bits per heavy atom. The third-order valence-electron chi connectivity index (χ3n) is 5.51. The van der Waals surface area contributed by atoms with Gasteiger partial charge in [0.1, 0.15) is 23.2 Å². The van der Waals surface area contributed by atoms with Crippen molar-refractivity contribution < 1.29 is 14.3 Å². The molecule has 0 unspecified atom stereocenters. The fourth-order valence-corrected chi connectivity index (χ4v) is 3.88. The third-order valence-corrected chi connectivity index (χ3v) is 5.51. The lowest BCUT2D eigenvalue weighted by Gasteiger charge is -2.11. The number of hydrogen-bond donors (Lipinski definition) is 2. The van der Waals surface area contributed by atoms with E-state index in [1.165, 1.54) is 0 Å². The third kappa shape index (κ3) is 4.19. The van der Waals surface area contributed by atoms with Crippen molar-refractivity contribution in [1.29, 1.82) is 5.26 Å². The number of nitrogens with one attached hydrogen (secondary N) is 2. The van der Waals surface area contributed by atoms with E-state index in [1.54, 1.807) is 43.5 Å². The van der Waals surface area contributed by atoms with Crippen LogP contribution in [0.1, 0.15) is 47.2 Å². The maximum Gasteiger partial charge on any atom is 0.264 e. The van der Waals surface area contributed by atoms with Crippen LogP contribution in [0.3, 0.4) is 0 Å². The Bertz CT molecular complexity index is 1120. The average Bonchev–Trinajstić information content (AvgIpc) is 3.43. The fraction of sp³-hybridized carbons (Fsp3) is 0.250. The number of amides is 2. The van der Waals surface area contributed by atoms with Gasteiger partial charge in [-0.05, 0) is 37.1 Å². The molecular weight excluding hydrogens is 392 g/mol. The Labute approximate surface area is 180 Å². The highest BCUT2D eigenvalue weighted by Crippen LogP contribution is 2.31. The van der Waals surface area contributed by atoms with Crippen LogP contribution in [0.2, 0.25) is 0 Å². The normalized spacial score (nSPS) is 16.7. The lowest BCUT2D eigenvalue weighted by molar-refractivity contribution is -0.117. The Balaban J connectivity index is 1.64. The predicted molar refractivity (Wildman–Crippen MR) is 116 cm³/mol. The second kappa shape index (κ2) is 8.84. The number of ether oxygens (including phenoxy) is 1. The van der Waals surface area contributed by atoms with E-state index >= 15 is 0 Å². The van der Waals surface area contributed by atoms with Gasteiger partial charge in [0, 0.05) is 22.7 Å². The van der Waals surface area contributed by atoms with Crippen LogP contribution in [0, 0.1) is 11.3 Å². The van der Waals surface area contributed by atoms with Crippen LogP contribution in [0.25, 0.3) is 5.70 Å². The summed E-state index contributed by atoms with van der Waals surface area (Å²) in [5, 5.41) is 15.5. The summed E-state index contributed by atoms with van der Waals surface area (Å²) in [5.41, 5.74) is 1.98. The minimum Gasteiger partial charge on any atom is -0.497 e. The molecule has 4 rings (SSSR count). The molecule has 2 N–H and O–H groups in total. The molecule has 7 nitrogen and oxygen atoms in total. The minimum atomic E-state index is -0.425. The number of carbonyl (C=O) groups excluding carboxylic acids is 2. The van der Waals surface area contributed by atoms with E-state index in [2.05, 4.69) is 15.6 Å². The van der Waals surface area contributed by atoms with Gasteiger partial charge in [0.2, 0.25) is 0 Å². The van der Waals surface area contributed by atoms with E-state index in [0.717, 1.165) is 25.7 Å². The topological polar surface area (TPSA) is 104 Å². The van der Waals surface area contributed by atoms with Crippen molar-refractivity contribution >= 4 is 23.3 Å². The quantitative estimate of drug-likeness (QED) is 0.592. The molecular formula is C24H22N4O3. The molecule has 0 spiro atoms. The van der Waals surface area contributed by atoms with Gasteiger partial charge in [-0.2, -0.15) is 5.26 Å². The molecule has 1 heterocycles. The Hall–Kier alpha value is -3.92. The van der Waals surface area contributed by atoms with Gasteiger partial charge >= 0.3 is 0 Å². The monoisotopic (exact) mass is 414 g/mol. The zero-order valence-corrected chi connectivity index (χ0v) is 17.1. The van der Waals surface area contributed by atoms with Crippen molar-refractivity contribution in [2.75, 3.05) is 7.11 Å². The lowest BCUT2D eigenvalue weighted by Crippen LogP contribution is -2.33. The second-order valence-electron chi connectivity index (χ2n) is 7.48. The smallest absolute Gasteiger partial charge is 0.264 e. The van der Waals surface area contributed by atoms with E-state index < -0.39 is 5.91 Å². The molecule has 7 heteroatoms. The summed E-state index contributed by atoms with van der Waals surface area (Å²) in [6.07, 6.45) is 3.99. The summed E-state index contributed by atoms with van der Waals surface area (Å²) in [6, 6.07) is 16.0. The largest absolute Gasteiger partial charge is 0.497 e. The van der Waals surface area contributed by atoms with E-state index in [9.17, 15) is 14.9 Å². The highest BCUT2D eigenvalue weighted by Gasteiger charge is 2.28. The predicted octanol–water partition coefficient (Wildman–Crippen LogP) is 3.18. The first-order valence-electron chi connectivity index (χ1n) is 10.2. The molecule has 0 saturated heterocycles. The van der Waals surface area contributed by atoms with Gasteiger partial charge in [-0.15, -0.1) is 0 Å². The molecule has 2 aliphatic rings. The summed E-state index contributed by atoms with van der Waals surface area (Å²) in [6.45, 7) is 0. The minimum absolute atomic E-state index is 0.0481. The maximum absolute atomic E-state index is 12.8. The summed E-state index contributed by atoms with van der Waals surface area (Å²) in [5.74, 6) is 0.196. The first-order valence-corrected chi connectivity index (χ1v) is 10.2. The van der Waals surface area contributed by atoms with Gasteiger partial charge in [-0.25, -0.2) is 4.99 Å². The number of rotatable bonds is 4. The van der Waals surface area contributed by atoms with E-state index in [1.807, 2.05) is 18.2 Å². The van der Waals surface area contributed by atoms with Crippen LogP contribution in [0.5, 0.6) is 5.75 Å². The molecule has 0 atom stereocenters. The van der Waals surface area contributed by atoms with Crippen LogP contribution in [-0.2, 0) is 4.79 Å². The van der Waals surface area contributed by atoms with Crippen molar-refractivity contribution in [3.05, 3.63) is 70.8 Å². The Kier molecular flexibility index (Phi) is 5.80. The number of carbonyl (C=O) groups is 2. The van der Waals surface area contributed by atoms with Crippen molar-refractivity contribution in [3.63, 3.8) is 0 Å². The highest BCUT2D eigenvalue weighted by molar-refractivity contribution is 6.20. The molecule has 156 valence electrons. The maximum atomic E-state index is 12.8. The van der Waals surface area contributed by atoms with E-state index in [-0.39, 0.29) is 23.2 Å². The Morgan fingerprint density at radius 2 is 1.74 bits per heavy atom. The number of methoxy groups -OCH3 is 1. The van der Waals surface area contributed by atoms with Gasteiger partial charge in [0.05, 0.1) is 12.8 Å². The molecule has 1 aliphatic heterocycles. The number of benzene rings is 2. The van der Waals surface area contributed by atoms with Crippen molar-refractivity contribution in [3.8, 4) is 11.8 Å². The second-order valence-corrected chi connectivity index (χ2v) is 7.48. The zero-order chi connectivity index (χ0) is 21.8. The standard InChI is InChI=1S/C24H22N4O3/c1-31-17-12-10-15(11-13-17)23(29)28-22-19-9-5-4-8-18(19)21(27-22)20(14-25)24(30)26-16-6-2-3-7-16/h4-5,8-13,16H,2-3,6-7H2,1H3,(H,26,30)(H,27,28,29). The lowest BCUT2D eigenvalue weighted by atomic mass is 10.0. The molecule has 2 amide bonds. The van der Waals surface area contributed by atoms with Gasteiger partial charge < -0.3 is 15.4 Å². The number of nitriles is 1.